The average molecular weight is 409 g/mol. The zero-order valence-electron chi connectivity index (χ0n) is 16.2. The summed E-state index contributed by atoms with van der Waals surface area (Å²) in [6, 6.07) is 0.143. The molecule has 1 unspecified atom stereocenters. The van der Waals surface area contributed by atoms with Gasteiger partial charge in [0.05, 0.1) is 38.2 Å². The molecule has 0 aromatic carbocycles. The van der Waals surface area contributed by atoms with E-state index in [0.29, 0.717) is 51.8 Å². The van der Waals surface area contributed by atoms with Gasteiger partial charge in [-0.05, 0) is 6.92 Å². The van der Waals surface area contributed by atoms with Gasteiger partial charge in [0.2, 0.25) is 5.95 Å². The number of ether oxygens (including phenoxy) is 2. The van der Waals surface area contributed by atoms with Crippen LogP contribution in [-0.2, 0) is 9.47 Å². The van der Waals surface area contributed by atoms with Gasteiger partial charge in [0.15, 0.2) is 6.29 Å². The van der Waals surface area contributed by atoms with Crippen molar-refractivity contribution >= 4 is 11.7 Å². The molecule has 0 spiro atoms. The summed E-state index contributed by atoms with van der Waals surface area (Å²) >= 11 is 0. The molecule has 29 heavy (non-hydrogen) atoms. The van der Waals surface area contributed by atoms with E-state index in [-0.39, 0.29) is 17.6 Å². The lowest BCUT2D eigenvalue weighted by molar-refractivity contribution is -0.00398. The number of anilines is 1. The normalized spacial score (nSPS) is 26.1. The number of aliphatic imine (C=N–C) groups is 1. The van der Waals surface area contributed by atoms with E-state index in [9.17, 15) is 8.78 Å². The van der Waals surface area contributed by atoms with Gasteiger partial charge in [-0.15, -0.1) is 0 Å². The van der Waals surface area contributed by atoms with Gasteiger partial charge in [-0.3, -0.25) is 4.90 Å². The number of morpholine rings is 2. The van der Waals surface area contributed by atoms with Crippen LogP contribution in [0.25, 0.3) is 0 Å². The predicted octanol–water partition coefficient (Wildman–Crippen LogP) is 0.567. The Balaban J connectivity index is 1.73. The lowest BCUT2D eigenvalue weighted by Gasteiger charge is -2.42. The van der Waals surface area contributed by atoms with E-state index < -0.39 is 18.4 Å². The van der Waals surface area contributed by atoms with Gasteiger partial charge in [-0.25, -0.2) is 23.7 Å². The number of rotatable bonds is 4. The van der Waals surface area contributed by atoms with E-state index in [1.807, 2.05) is 0 Å². The van der Waals surface area contributed by atoms with Gasteiger partial charge in [0.25, 0.3) is 6.43 Å². The summed E-state index contributed by atoms with van der Waals surface area (Å²) in [6.07, 6.45) is -0.0818. The molecule has 2 fully saturated rings. The van der Waals surface area contributed by atoms with Crippen molar-refractivity contribution in [3.05, 3.63) is 29.4 Å². The second kappa shape index (κ2) is 8.56. The molecule has 158 valence electrons. The summed E-state index contributed by atoms with van der Waals surface area (Å²) in [5, 5.41) is 3.44. The third-order valence-electron chi connectivity index (χ3n) is 5.20. The van der Waals surface area contributed by atoms with Crippen molar-refractivity contribution in [3.63, 3.8) is 0 Å². The number of nitrogens with zero attached hydrogens (tertiary/aromatic N) is 5. The van der Waals surface area contributed by atoms with Crippen LogP contribution >= 0.6 is 0 Å². The second-order valence-corrected chi connectivity index (χ2v) is 7.16. The van der Waals surface area contributed by atoms with Gasteiger partial charge in [-0.2, -0.15) is 0 Å². The molecule has 11 heteroatoms. The Morgan fingerprint density at radius 2 is 1.97 bits per heavy atom. The summed E-state index contributed by atoms with van der Waals surface area (Å²) < 4.78 is 38.2. The molecule has 1 aromatic rings. The molecular formula is C18H25F2N7O2. The average Bonchev–Trinajstić information content (AvgIpc) is 2.74. The molecule has 3 aliphatic heterocycles. The van der Waals surface area contributed by atoms with Crippen molar-refractivity contribution in [3.8, 4) is 0 Å². The molecule has 3 aliphatic rings. The molecule has 0 amide bonds. The summed E-state index contributed by atoms with van der Waals surface area (Å²) in [5.41, 5.74) is 5.72. The smallest absolute Gasteiger partial charge is 0.281 e. The number of nitrogen functional groups attached to an aromatic ring is 1. The number of nitrogens with one attached hydrogen (secondary N) is 1. The predicted molar refractivity (Wildman–Crippen MR) is 102 cm³/mol. The maximum absolute atomic E-state index is 13.6. The first-order valence-electron chi connectivity index (χ1n) is 9.66. The van der Waals surface area contributed by atoms with Crippen LogP contribution in [0.2, 0.25) is 0 Å². The molecule has 1 aromatic heterocycles. The van der Waals surface area contributed by atoms with Crippen molar-refractivity contribution < 1.29 is 18.3 Å². The number of halogens is 2. The Labute approximate surface area is 167 Å². The van der Waals surface area contributed by atoms with E-state index >= 15 is 0 Å². The Bertz CT molecular complexity index is 798. The van der Waals surface area contributed by atoms with Crippen LogP contribution in [0.3, 0.4) is 0 Å². The third-order valence-corrected chi connectivity index (χ3v) is 5.20. The van der Waals surface area contributed by atoms with Crippen molar-refractivity contribution in [2.24, 2.45) is 4.99 Å². The van der Waals surface area contributed by atoms with E-state index in [1.165, 1.54) is 6.20 Å². The third kappa shape index (κ3) is 4.31. The van der Waals surface area contributed by atoms with Crippen molar-refractivity contribution in [2.75, 3.05) is 51.8 Å². The highest BCUT2D eigenvalue weighted by Gasteiger charge is 2.31. The molecule has 0 bridgehead atoms. The molecule has 0 aliphatic carbocycles. The number of hydrogen-bond acceptors (Lipinski definition) is 9. The van der Waals surface area contributed by atoms with Crippen LogP contribution in [-0.4, -0.2) is 83.9 Å². The summed E-state index contributed by atoms with van der Waals surface area (Å²) in [5.74, 6) is 0.633. The van der Waals surface area contributed by atoms with E-state index in [4.69, 9.17) is 20.2 Å². The monoisotopic (exact) mass is 409 g/mol. The zero-order chi connectivity index (χ0) is 20.4. The van der Waals surface area contributed by atoms with Crippen molar-refractivity contribution in [1.29, 1.82) is 0 Å². The highest BCUT2D eigenvalue weighted by Crippen LogP contribution is 2.25. The number of hydrogen-bond donors (Lipinski definition) is 2. The molecule has 2 saturated heterocycles. The second-order valence-electron chi connectivity index (χ2n) is 7.16. The first kappa shape index (κ1) is 19.9. The minimum Gasteiger partial charge on any atom is -0.379 e. The minimum absolute atomic E-state index is 0.143. The van der Waals surface area contributed by atoms with Crippen molar-refractivity contribution in [2.45, 2.75) is 25.7 Å². The van der Waals surface area contributed by atoms with E-state index in [0.717, 1.165) is 5.82 Å². The number of nitrogens with two attached hydrogens (primary N) is 1. The molecular weight excluding hydrogens is 384 g/mol. The highest BCUT2D eigenvalue weighted by molar-refractivity contribution is 6.10. The van der Waals surface area contributed by atoms with Gasteiger partial charge >= 0.3 is 0 Å². The molecule has 0 radical (unpaired) electrons. The van der Waals surface area contributed by atoms with E-state index in [2.05, 4.69) is 32.0 Å². The lowest BCUT2D eigenvalue weighted by atomic mass is 10.1. The van der Waals surface area contributed by atoms with Gasteiger partial charge < -0.3 is 25.4 Å². The molecule has 0 saturated carbocycles. The fourth-order valence-corrected chi connectivity index (χ4v) is 3.67. The molecule has 4 rings (SSSR count). The summed E-state index contributed by atoms with van der Waals surface area (Å²) in [4.78, 5) is 16.7. The van der Waals surface area contributed by atoms with Gasteiger partial charge in [0, 0.05) is 37.5 Å². The van der Waals surface area contributed by atoms with Crippen LogP contribution in [0.4, 0.5) is 14.7 Å². The van der Waals surface area contributed by atoms with Crippen LogP contribution in [0.15, 0.2) is 23.1 Å². The Kier molecular flexibility index (Phi) is 5.88. The highest BCUT2D eigenvalue weighted by atomic mass is 19.3. The Morgan fingerprint density at radius 3 is 2.69 bits per heavy atom. The maximum atomic E-state index is 13.6. The fraction of sp³-hybridized carbons (Fsp3) is 0.611. The van der Waals surface area contributed by atoms with Crippen LogP contribution < -0.4 is 11.1 Å². The summed E-state index contributed by atoms with van der Waals surface area (Å²) in [6.45, 7) is 6.55. The Hall–Kier alpha value is -2.37. The standard InChI is InChI=1S/C18H25F2N7O2/c1-11-10-29-7-4-27(11)14-8-13(12-9-22-17(21)25-15(12)16(19)20)23-18(24-14)26-2-5-28-6-3-26/h8-9,11,16,18,24H,2-7,10H2,1H3,(H2,21,22,25)/t11-,18?/m0/s1. The zero-order valence-corrected chi connectivity index (χ0v) is 16.2. The van der Waals surface area contributed by atoms with Crippen molar-refractivity contribution in [1.82, 2.24) is 25.1 Å². The largest absolute Gasteiger partial charge is 0.379 e. The number of alkyl halides is 2. The molecule has 2 atom stereocenters. The number of allylic oxidation sites excluding steroid dienone is 1. The van der Waals surface area contributed by atoms with Crippen LogP contribution in [0.5, 0.6) is 0 Å². The lowest BCUT2D eigenvalue weighted by Crippen LogP contribution is -2.55. The first-order chi connectivity index (χ1) is 14.0. The molecule has 3 N–H and O–H groups in total. The quantitative estimate of drug-likeness (QED) is 0.744. The maximum Gasteiger partial charge on any atom is 0.281 e. The molecule has 4 heterocycles. The first-order valence-corrected chi connectivity index (χ1v) is 9.66. The topological polar surface area (TPSA) is 101 Å². The molecule has 9 nitrogen and oxygen atoms in total. The number of aromatic nitrogens is 2. The Morgan fingerprint density at radius 1 is 1.21 bits per heavy atom. The van der Waals surface area contributed by atoms with Gasteiger partial charge in [0.1, 0.15) is 11.5 Å². The van der Waals surface area contributed by atoms with Crippen LogP contribution in [0, 0.1) is 0 Å². The van der Waals surface area contributed by atoms with Gasteiger partial charge in [-0.1, -0.05) is 0 Å². The summed E-state index contributed by atoms with van der Waals surface area (Å²) in [7, 11) is 0. The SMILES string of the molecule is C[C@H]1COCCN1C1=CC(c2cnc(N)nc2C(F)F)=NC(N2CCOCC2)N1. The van der Waals surface area contributed by atoms with Crippen LogP contribution in [0.1, 0.15) is 24.6 Å². The van der Waals surface area contributed by atoms with E-state index in [1.54, 1.807) is 6.08 Å². The minimum atomic E-state index is -2.78. The fourth-order valence-electron chi connectivity index (χ4n) is 3.67.